The molecule has 0 saturated heterocycles. The van der Waals surface area contributed by atoms with Crippen molar-refractivity contribution >= 4 is 0 Å². The molecule has 0 bridgehead atoms. The molecule has 0 fully saturated rings. The fourth-order valence-corrected chi connectivity index (χ4v) is 0. The minimum Gasteiger partial charge on any atom is -0.412 e. The normalized spacial score (nSPS) is 0. The minimum atomic E-state index is 0. The van der Waals surface area contributed by atoms with E-state index in [0.29, 0.717) is 0 Å². The zero-order chi connectivity index (χ0) is 0. The summed E-state index contributed by atoms with van der Waals surface area (Å²) in [6.07, 6.45) is 0. The van der Waals surface area contributed by atoms with Gasteiger partial charge in [0.2, 0.25) is 0 Å². The molecule has 0 aliphatic heterocycles. The molecule has 0 aliphatic carbocycles. The van der Waals surface area contributed by atoms with Crippen LogP contribution >= 0.6 is 0 Å². The third-order valence-corrected chi connectivity index (χ3v) is 0. The van der Waals surface area contributed by atoms with Gasteiger partial charge in [-0.25, -0.2) is 0 Å². The molecule has 0 radical (unpaired) electrons. The van der Waals surface area contributed by atoms with Crippen LogP contribution in [0, 0.1) is 0 Å². The van der Waals surface area contributed by atoms with Crippen molar-refractivity contribution in [3.05, 3.63) is 0 Å². The molecule has 48 valence electrons. The lowest BCUT2D eigenvalue weighted by Gasteiger charge is -0.412. The van der Waals surface area contributed by atoms with Gasteiger partial charge in [0.15, 0.2) is 0 Å². The molecular weight excluding hydrogens is 111 g/mol. The molecule has 0 rings (SSSR count). The van der Waals surface area contributed by atoms with E-state index in [9.17, 15) is 0 Å². The number of hydrogen-bond acceptors (Lipinski definition) is 0. The highest BCUT2D eigenvalue weighted by Gasteiger charge is -0.265. The van der Waals surface area contributed by atoms with Crippen LogP contribution in [0.1, 0.15) is 0 Å². The molecule has 0 saturated carbocycles. The average Bonchev–Trinajstić information content (AvgIpc) is 0. The van der Waals surface area contributed by atoms with E-state index in [1.165, 1.54) is 0 Å². The van der Waals surface area contributed by atoms with Crippen molar-refractivity contribution in [2.75, 3.05) is 0 Å². The summed E-state index contributed by atoms with van der Waals surface area (Å²) >= 11 is 0. The summed E-state index contributed by atoms with van der Waals surface area (Å²) in [5.74, 6) is 0. The standard InChI is InChI=1S/5FH.H2O/h5*1H;1H2. The molecule has 0 heterocycles. The second-order valence-corrected chi connectivity index (χ2v) is 0. The van der Waals surface area contributed by atoms with Crippen LogP contribution in [0.5, 0.6) is 0 Å². The fourth-order valence-electron chi connectivity index (χ4n) is 0. The molecule has 2 N–H and O–H groups in total. The third-order valence-electron chi connectivity index (χ3n) is 0. The summed E-state index contributed by atoms with van der Waals surface area (Å²) in [5, 5.41) is 0. The monoisotopic (exact) mass is 118 g/mol. The Morgan fingerprint density at radius 2 is 0.333 bits per heavy atom. The molecule has 0 spiro atoms. The van der Waals surface area contributed by atoms with Gasteiger partial charge in [0.25, 0.3) is 0 Å². The van der Waals surface area contributed by atoms with Crippen LogP contribution in [0.3, 0.4) is 0 Å². The highest BCUT2D eigenvalue weighted by atomic mass is 19.0. The van der Waals surface area contributed by atoms with Gasteiger partial charge in [0, 0.05) is 0 Å². The number of halogens is 5. The maximum absolute atomic E-state index is 0. The van der Waals surface area contributed by atoms with Crippen molar-refractivity contribution in [3.8, 4) is 0 Å². The van der Waals surface area contributed by atoms with Crippen molar-refractivity contribution in [2.45, 2.75) is 0 Å². The Morgan fingerprint density at radius 3 is 0.333 bits per heavy atom. The Labute approximate surface area is 30.5 Å². The van der Waals surface area contributed by atoms with Crippen LogP contribution in [0.25, 0.3) is 0 Å². The van der Waals surface area contributed by atoms with Gasteiger partial charge in [-0.05, 0) is 0 Å². The molecule has 0 aromatic carbocycles. The van der Waals surface area contributed by atoms with Crippen LogP contribution in [-0.4, -0.2) is 5.48 Å². The van der Waals surface area contributed by atoms with Gasteiger partial charge in [-0.2, -0.15) is 0 Å². The van der Waals surface area contributed by atoms with E-state index in [2.05, 4.69) is 0 Å². The lowest BCUT2D eigenvalue weighted by molar-refractivity contribution is 0.824. The zero-order valence-corrected chi connectivity index (χ0v) is 2.54. The first-order valence-corrected chi connectivity index (χ1v) is 0. The molecule has 0 aliphatic rings. The van der Waals surface area contributed by atoms with Crippen LogP contribution in [0.4, 0.5) is 23.5 Å². The van der Waals surface area contributed by atoms with E-state index in [-0.39, 0.29) is 29.0 Å². The quantitative estimate of drug-likeness (QED) is 0.399. The fraction of sp³-hybridized carbons (Fsp3) is 0. The summed E-state index contributed by atoms with van der Waals surface area (Å²) < 4.78 is 0. The van der Waals surface area contributed by atoms with Crippen LogP contribution in [0.2, 0.25) is 0 Å². The Kier molecular flexibility index (Phi) is 51600. The predicted octanol–water partition coefficient (Wildman–Crippen LogP) is -0.0622. The molecule has 0 aromatic rings. The topological polar surface area (TPSA) is 31.5 Å². The van der Waals surface area contributed by atoms with Gasteiger partial charge in [-0.1, -0.05) is 0 Å². The molecule has 6 heteroatoms. The van der Waals surface area contributed by atoms with E-state index in [0.717, 1.165) is 0 Å². The lowest BCUT2D eigenvalue weighted by atomic mass is 16.0. The van der Waals surface area contributed by atoms with Gasteiger partial charge in [-0.15, -0.1) is 0 Å². The Hall–Kier alpha value is -0.390. The second-order valence-electron chi connectivity index (χ2n) is 0. The van der Waals surface area contributed by atoms with Crippen LogP contribution in [0.15, 0.2) is 0 Å². The molecular formula is H7F5O. The first kappa shape index (κ1) is 784. The largest absolute Gasteiger partial charge is 0.412 e. The molecule has 1 nitrogen and oxygen atoms in total. The average molecular weight is 118 g/mol. The predicted molar refractivity (Wildman–Crippen MR) is 16.1 cm³/mol. The van der Waals surface area contributed by atoms with Gasteiger partial charge < -0.3 is 5.48 Å². The molecule has 0 aromatic heterocycles. The van der Waals surface area contributed by atoms with Crippen molar-refractivity contribution in [3.63, 3.8) is 0 Å². The van der Waals surface area contributed by atoms with E-state index in [1.807, 2.05) is 0 Å². The minimum absolute atomic E-state index is 0. The van der Waals surface area contributed by atoms with Crippen LogP contribution < -0.4 is 0 Å². The maximum atomic E-state index is 0. The lowest BCUT2D eigenvalue weighted by Crippen LogP contribution is -0.289. The maximum Gasteiger partial charge on any atom is -0.269 e. The zero-order valence-electron chi connectivity index (χ0n) is 2.54. The second kappa shape index (κ2) is 395. The summed E-state index contributed by atoms with van der Waals surface area (Å²) in [7, 11) is 0. The van der Waals surface area contributed by atoms with Gasteiger partial charge in [0.05, 0.1) is 0 Å². The first-order valence-electron chi connectivity index (χ1n) is 0. The van der Waals surface area contributed by atoms with E-state index < -0.39 is 0 Å². The smallest absolute Gasteiger partial charge is 0.269 e. The van der Waals surface area contributed by atoms with Gasteiger partial charge in [-0.3, -0.25) is 23.5 Å². The summed E-state index contributed by atoms with van der Waals surface area (Å²) in [5.41, 5.74) is 0. The Morgan fingerprint density at radius 1 is 0.333 bits per heavy atom. The number of rotatable bonds is 0. The molecule has 0 amide bonds. The summed E-state index contributed by atoms with van der Waals surface area (Å²) in [6, 6.07) is 0. The van der Waals surface area contributed by atoms with Crippen molar-refractivity contribution in [1.29, 1.82) is 0 Å². The highest BCUT2D eigenvalue weighted by Crippen LogP contribution is 0.424. The Balaban J connectivity index is 0. The highest BCUT2D eigenvalue weighted by molar-refractivity contribution is 1.11. The first-order chi connectivity index (χ1) is 0. The SMILES string of the molecule is F.F.F.F.F.O. The summed E-state index contributed by atoms with van der Waals surface area (Å²) in [6.45, 7) is 0. The molecule has 0 unspecified atom stereocenters. The molecule has 6 heavy (non-hydrogen) atoms. The van der Waals surface area contributed by atoms with E-state index in [4.69, 9.17) is 0 Å². The van der Waals surface area contributed by atoms with Crippen molar-refractivity contribution < 1.29 is 29.0 Å². The summed E-state index contributed by atoms with van der Waals surface area (Å²) in [4.78, 5) is 0. The number of hydrogen-bond donors (Lipinski definition) is 0. The van der Waals surface area contributed by atoms with Crippen molar-refractivity contribution in [1.82, 2.24) is 0 Å². The van der Waals surface area contributed by atoms with Gasteiger partial charge in [0.1, 0.15) is 0 Å². The third kappa shape index (κ3) is 162. The van der Waals surface area contributed by atoms with Crippen LogP contribution in [-0.2, 0) is 0 Å². The van der Waals surface area contributed by atoms with Gasteiger partial charge >= 0.3 is 0 Å². The Bertz CT molecular complexity index is 3.90. The van der Waals surface area contributed by atoms with Crippen molar-refractivity contribution in [2.24, 2.45) is 0 Å². The van der Waals surface area contributed by atoms with E-state index in [1.54, 1.807) is 0 Å². The molecule has 0 atom stereocenters. The van der Waals surface area contributed by atoms with E-state index >= 15 is 0 Å².